The minimum Gasteiger partial charge on any atom is -0.360 e. The van der Waals surface area contributed by atoms with Crippen molar-refractivity contribution in [1.29, 1.82) is 5.26 Å². The second-order valence-corrected chi connectivity index (χ2v) is 4.01. The Bertz CT molecular complexity index is 621. The van der Waals surface area contributed by atoms with Crippen LogP contribution in [0.3, 0.4) is 0 Å². The van der Waals surface area contributed by atoms with E-state index in [1.165, 1.54) is 5.56 Å². The molecule has 1 heterocycles. The van der Waals surface area contributed by atoms with Crippen LogP contribution in [0.25, 0.3) is 5.57 Å². The average Bonchev–Trinajstić information content (AvgIpc) is 2.95. The van der Waals surface area contributed by atoms with E-state index in [1.807, 2.05) is 25.1 Å². The lowest BCUT2D eigenvalue weighted by atomic mass is 10.1. The Hall–Kier alpha value is -2.68. The number of anilines is 1. The third kappa shape index (κ3) is 2.77. The maximum atomic E-state index is 9.09. The van der Waals surface area contributed by atoms with Gasteiger partial charge < -0.3 is 5.32 Å². The van der Waals surface area contributed by atoms with Gasteiger partial charge in [0.1, 0.15) is 11.6 Å². The van der Waals surface area contributed by atoms with Gasteiger partial charge in [-0.2, -0.15) is 10.5 Å². The molecule has 0 aliphatic carbocycles. The number of hydrogen-bond acceptors (Lipinski definition) is 5. The Morgan fingerprint density at radius 2 is 2.37 bits per heavy atom. The Morgan fingerprint density at radius 3 is 3.00 bits per heavy atom. The predicted octanol–water partition coefficient (Wildman–Crippen LogP) is 2.05. The summed E-state index contributed by atoms with van der Waals surface area (Å²) in [4.78, 5) is 0. The summed E-state index contributed by atoms with van der Waals surface area (Å²) in [6.45, 7) is 4.11. The molecule has 6 nitrogen and oxygen atoms in total. The normalized spacial score (nSPS) is 11.1. The van der Waals surface area contributed by atoms with Gasteiger partial charge in [-0.25, -0.2) is 0 Å². The molecule has 0 aliphatic rings. The molecular formula is C13H14N6. The highest BCUT2D eigenvalue weighted by atomic mass is 15.5. The van der Waals surface area contributed by atoms with Gasteiger partial charge in [0.05, 0.1) is 0 Å². The highest BCUT2D eigenvalue weighted by Gasteiger charge is 2.07. The van der Waals surface area contributed by atoms with Gasteiger partial charge in [-0.3, -0.25) is 0 Å². The molecule has 0 saturated heterocycles. The molecule has 19 heavy (non-hydrogen) atoms. The Balaban J connectivity index is 2.29. The van der Waals surface area contributed by atoms with Crippen LogP contribution in [0.2, 0.25) is 0 Å². The van der Waals surface area contributed by atoms with Crippen molar-refractivity contribution in [3.63, 3.8) is 0 Å². The quantitative estimate of drug-likeness (QED) is 0.815. The Morgan fingerprint density at radius 1 is 1.53 bits per heavy atom. The van der Waals surface area contributed by atoms with Crippen LogP contribution in [0, 0.1) is 18.3 Å². The van der Waals surface area contributed by atoms with Crippen LogP contribution in [0.4, 0.5) is 5.69 Å². The number of nitrogens with zero attached hydrogens (tertiary/aromatic N) is 4. The number of aromatic nitrogens is 4. The number of tetrazole rings is 1. The van der Waals surface area contributed by atoms with E-state index < -0.39 is 0 Å². The molecule has 1 aromatic carbocycles. The van der Waals surface area contributed by atoms with Gasteiger partial charge in [0.15, 0.2) is 0 Å². The Labute approximate surface area is 111 Å². The molecule has 0 fully saturated rings. The van der Waals surface area contributed by atoms with Gasteiger partial charge >= 0.3 is 0 Å². The summed E-state index contributed by atoms with van der Waals surface area (Å²) < 4.78 is 0. The summed E-state index contributed by atoms with van der Waals surface area (Å²) in [5.41, 5.74) is 3.67. The van der Waals surface area contributed by atoms with Crippen LogP contribution >= 0.6 is 0 Å². The van der Waals surface area contributed by atoms with E-state index in [0.717, 1.165) is 17.7 Å². The van der Waals surface area contributed by atoms with E-state index in [0.29, 0.717) is 5.57 Å². The number of nitrogens with one attached hydrogen (secondary N) is 2. The van der Waals surface area contributed by atoms with Crippen molar-refractivity contribution in [3.8, 4) is 6.07 Å². The van der Waals surface area contributed by atoms with Crippen molar-refractivity contribution in [1.82, 2.24) is 20.6 Å². The molecule has 6 heteroatoms. The summed E-state index contributed by atoms with van der Waals surface area (Å²) in [6, 6.07) is 8.15. The van der Waals surface area contributed by atoms with Crippen molar-refractivity contribution < 1.29 is 0 Å². The first-order chi connectivity index (χ1) is 9.26. The molecule has 0 bridgehead atoms. The molecular weight excluding hydrogens is 240 g/mol. The first kappa shape index (κ1) is 12.8. The van der Waals surface area contributed by atoms with Gasteiger partial charge in [0.25, 0.3) is 0 Å². The van der Waals surface area contributed by atoms with Gasteiger partial charge in [0.2, 0.25) is 5.82 Å². The van der Waals surface area contributed by atoms with Crippen LogP contribution in [-0.4, -0.2) is 20.6 Å². The van der Waals surface area contributed by atoms with Crippen LogP contribution in [-0.2, 0) is 6.42 Å². The van der Waals surface area contributed by atoms with Gasteiger partial charge in [-0.05, 0) is 29.7 Å². The number of hydrogen-bond donors (Lipinski definition) is 2. The second kappa shape index (κ2) is 5.78. The molecule has 0 radical (unpaired) electrons. The average molecular weight is 254 g/mol. The molecule has 1 aromatic heterocycles. The van der Waals surface area contributed by atoms with Crippen molar-refractivity contribution in [3.05, 3.63) is 41.4 Å². The lowest BCUT2D eigenvalue weighted by Gasteiger charge is -2.10. The molecule has 2 rings (SSSR count). The number of aromatic amines is 1. The van der Waals surface area contributed by atoms with E-state index in [-0.39, 0.29) is 5.82 Å². The van der Waals surface area contributed by atoms with Crippen molar-refractivity contribution in [2.45, 2.75) is 20.3 Å². The molecule has 0 unspecified atom stereocenters. The number of nitriles is 1. The zero-order chi connectivity index (χ0) is 13.7. The minimum atomic E-state index is 0.279. The van der Waals surface area contributed by atoms with Crippen LogP contribution in [0.1, 0.15) is 23.9 Å². The SMILES string of the molecule is CCc1cccc(C)c1NC=C(C#N)c1nn[nH]n1. The topological polar surface area (TPSA) is 90.3 Å². The molecule has 0 aliphatic heterocycles. The van der Waals surface area contributed by atoms with E-state index in [9.17, 15) is 0 Å². The van der Waals surface area contributed by atoms with E-state index in [4.69, 9.17) is 5.26 Å². The summed E-state index contributed by atoms with van der Waals surface area (Å²) in [7, 11) is 0. The summed E-state index contributed by atoms with van der Waals surface area (Å²) in [5, 5.41) is 25.6. The fourth-order valence-corrected chi connectivity index (χ4v) is 1.80. The van der Waals surface area contributed by atoms with Crippen molar-refractivity contribution in [2.24, 2.45) is 0 Å². The van der Waals surface area contributed by atoms with E-state index >= 15 is 0 Å². The molecule has 2 aromatic rings. The fourth-order valence-electron chi connectivity index (χ4n) is 1.80. The molecule has 0 spiro atoms. The number of rotatable bonds is 4. The molecule has 2 N–H and O–H groups in total. The number of para-hydroxylation sites is 1. The third-order valence-electron chi connectivity index (χ3n) is 2.81. The second-order valence-electron chi connectivity index (χ2n) is 4.01. The Kier molecular flexibility index (Phi) is 3.88. The highest BCUT2D eigenvalue weighted by Crippen LogP contribution is 2.21. The smallest absolute Gasteiger partial charge is 0.216 e. The van der Waals surface area contributed by atoms with Crippen LogP contribution in [0.15, 0.2) is 24.4 Å². The predicted molar refractivity (Wildman–Crippen MR) is 71.9 cm³/mol. The molecule has 96 valence electrons. The summed E-state index contributed by atoms with van der Waals surface area (Å²) in [6.07, 6.45) is 2.52. The minimum absolute atomic E-state index is 0.279. The number of aryl methyl sites for hydroxylation is 2. The maximum Gasteiger partial charge on any atom is 0.216 e. The van der Waals surface area contributed by atoms with Gasteiger partial charge in [0, 0.05) is 11.9 Å². The van der Waals surface area contributed by atoms with E-state index in [1.54, 1.807) is 6.20 Å². The van der Waals surface area contributed by atoms with E-state index in [2.05, 4.69) is 38.9 Å². The largest absolute Gasteiger partial charge is 0.360 e. The number of H-pyrrole nitrogens is 1. The maximum absolute atomic E-state index is 9.09. The fraction of sp³-hybridized carbons (Fsp3) is 0.231. The van der Waals surface area contributed by atoms with Crippen molar-refractivity contribution in [2.75, 3.05) is 5.32 Å². The zero-order valence-electron chi connectivity index (χ0n) is 10.8. The van der Waals surface area contributed by atoms with Gasteiger partial charge in [-0.15, -0.1) is 10.2 Å². The van der Waals surface area contributed by atoms with Crippen LogP contribution < -0.4 is 5.32 Å². The first-order valence-electron chi connectivity index (χ1n) is 5.95. The molecule has 0 amide bonds. The first-order valence-corrected chi connectivity index (χ1v) is 5.95. The lowest BCUT2D eigenvalue weighted by molar-refractivity contribution is 0.881. The van der Waals surface area contributed by atoms with Crippen LogP contribution in [0.5, 0.6) is 0 Å². The van der Waals surface area contributed by atoms with Crippen molar-refractivity contribution >= 4 is 11.3 Å². The lowest BCUT2D eigenvalue weighted by Crippen LogP contribution is -1.98. The monoisotopic (exact) mass is 254 g/mol. The third-order valence-corrected chi connectivity index (χ3v) is 2.81. The molecule has 0 saturated carbocycles. The number of benzene rings is 1. The van der Waals surface area contributed by atoms with Gasteiger partial charge in [-0.1, -0.05) is 25.1 Å². The molecule has 0 atom stereocenters. The standard InChI is InChI=1S/C13H14N6/c1-3-10-6-4-5-9(2)12(10)15-8-11(7-14)13-16-18-19-17-13/h4-6,8,15H,3H2,1-2H3,(H,16,17,18,19). The summed E-state index contributed by atoms with van der Waals surface area (Å²) >= 11 is 0. The zero-order valence-corrected chi connectivity index (χ0v) is 10.8. The number of allylic oxidation sites excluding steroid dienone is 1. The summed E-state index contributed by atoms with van der Waals surface area (Å²) in [5.74, 6) is 0.279. The highest BCUT2D eigenvalue weighted by molar-refractivity contribution is 5.75.